The van der Waals surface area contributed by atoms with E-state index in [9.17, 15) is 4.79 Å². The first kappa shape index (κ1) is 15.7. The van der Waals surface area contributed by atoms with E-state index in [2.05, 4.69) is 25.5 Å². The lowest BCUT2D eigenvalue weighted by Crippen LogP contribution is -2.32. The molecule has 2 N–H and O–H groups in total. The Balaban J connectivity index is 1.66. The molecule has 0 aliphatic carbocycles. The minimum absolute atomic E-state index is 0.124. The van der Waals surface area contributed by atoms with E-state index >= 15 is 0 Å². The van der Waals surface area contributed by atoms with E-state index in [1.165, 1.54) is 12.8 Å². The SMILES string of the molecule is Cc1cnc([C@H](C)NC(=O)Nc2cccnc2N2CCCC2)s1. The molecule has 23 heavy (non-hydrogen) atoms. The Bertz CT molecular complexity index is 681. The number of amides is 2. The number of aryl methyl sites for hydroxylation is 1. The van der Waals surface area contributed by atoms with Crippen molar-refractivity contribution in [1.82, 2.24) is 15.3 Å². The molecule has 2 aromatic rings. The van der Waals surface area contributed by atoms with Gasteiger partial charge in [0.15, 0.2) is 5.82 Å². The van der Waals surface area contributed by atoms with Gasteiger partial charge in [-0.2, -0.15) is 0 Å². The van der Waals surface area contributed by atoms with Gasteiger partial charge in [-0.05, 0) is 38.8 Å². The van der Waals surface area contributed by atoms with E-state index in [4.69, 9.17) is 0 Å². The molecule has 1 fully saturated rings. The van der Waals surface area contributed by atoms with Crippen LogP contribution in [0.5, 0.6) is 0 Å². The van der Waals surface area contributed by atoms with Gasteiger partial charge >= 0.3 is 6.03 Å². The molecule has 0 bridgehead atoms. The molecule has 3 rings (SSSR count). The quantitative estimate of drug-likeness (QED) is 0.901. The fourth-order valence-electron chi connectivity index (χ4n) is 2.66. The zero-order valence-corrected chi connectivity index (χ0v) is 14.2. The summed E-state index contributed by atoms with van der Waals surface area (Å²) in [6, 6.07) is 3.36. The molecule has 2 aromatic heterocycles. The normalized spacial score (nSPS) is 15.5. The van der Waals surface area contributed by atoms with Gasteiger partial charge in [-0.15, -0.1) is 11.3 Å². The van der Waals surface area contributed by atoms with Crippen LogP contribution in [0.25, 0.3) is 0 Å². The number of hydrogen-bond acceptors (Lipinski definition) is 5. The Morgan fingerprint density at radius 1 is 1.35 bits per heavy atom. The van der Waals surface area contributed by atoms with Gasteiger partial charge in [-0.25, -0.2) is 14.8 Å². The lowest BCUT2D eigenvalue weighted by molar-refractivity contribution is 0.249. The van der Waals surface area contributed by atoms with Crippen molar-refractivity contribution < 1.29 is 4.79 Å². The first-order valence-electron chi connectivity index (χ1n) is 7.83. The van der Waals surface area contributed by atoms with Gasteiger partial charge in [-0.1, -0.05) is 0 Å². The molecule has 1 aliphatic rings. The van der Waals surface area contributed by atoms with Crippen molar-refractivity contribution in [3.8, 4) is 0 Å². The zero-order chi connectivity index (χ0) is 16.2. The summed E-state index contributed by atoms with van der Waals surface area (Å²) in [5, 5.41) is 6.75. The molecule has 1 aliphatic heterocycles. The molecular formula is C16H21N5OS. The first-order chi connectivity index (χ1) is 11.1. The summed E-state index contributed by atoms with van der Waals surface area (Å²) in [4.78, 5) is 24.4. The van der Waals surface area contributed by atoms with Gasteiger partial charge in [0.1, 0.15) is 5.01 Å². The molecule has 1 saturated heterocycles. The molecule has 0 unspecified atom stereocenters. The van der Waals surface area contributed by atoms with Crippen LogP contribution in [0.3, 0.4) is 0 Å². The molecule has 7 heteroatoms. The topological polar surface area (TPSA) is 70.1 Å². The number of aromatic nitrogens is 2. The Morgan fingerprint density at radius 2 is 2.13 bits per heavy atom. The van der Waals surface area contributed by atoms with E-state index in [0.717, 1.165) is 34.5 Å². The van der Waals surface area contributed by atoms with Gasteiger partial charge in [0.2, 0.25) is 0 Å². The highest BCUT2D eigenvalue weighted by atomic mass is 32.1. The van der Waals surface area contributed by atoms with Crippen molar-refractivity contribution in [2.45, 2.75) is 32.7 Å². The van der Waals surface area contributed by atoms with Gasteiger partial charge in [0.25, 0.3) is 0 Å². The highest BCUT2D eigenvalue weighted by Crippen LogP contribution is 2.26. The third-order valence-electron chi connectivity index (χ3n) is 3.80. The van der Waals surface area contributed by atoms with Crippen molar-refractivity contribution in [1.29, 1.82) is 0 Å². The van der Waals surface area contributed by atoms with Crippen molar-refractivity contribution in [3.05, 3.63) is 34.4 Å². The Kier molecular flexibility index (Phi) is 4.76. The van der Waals surface area contributed by atoms with Crippen LogP contribution in [-0.2, 0) is 0 Å². The second-order valence-corrected chi connectivity index (χ2v) is 6.96. The van der Waals surface area contributed by atoms with Gasteiger partial charge in [0.05, 0.1) is 11.7 Å². The van der Waals surface area contributed by atoms with Gasteiger partial charge < -0.3 is 15.5 Å². The highest BCUT2D eigenvalue weighted by Gasteiger charge is 2.19. The van der Waals surface area contributed by atoms with E-state index in [1.54, 1.807) is 17.5 Å². The summed E-state index contributed by atoms with van der Waals surface area (Å²) in [6.07, 6.45) is 5.92. The molecule has 0 spiro atoms. The predicted molar refractivity (Wildman–Crippen MR) is 93.1 cm³/mol. The van der Waals surface area contributed by atoms with E-state index in [0.29, 0.717) is 0 Å². The average Bonchev–Trinajstić information content (AvgIpc) is 3.19. The third-order valence-corrected chi connectivity index (χ3v) is 4.89. The molecule has 0 saturated carbocycles. The Hall–Kier alpha value is -2.15. The highest BCUT2D eigenvalue weighted by molar-refractivity contribution is 7.11. The smallest absolute Gasteiger partial charge is 0.319 e. The van der Waals surface area contributed by atoms with Crippen molar-refractivity contribution in [2.24, 2.45) is 0 Å². The minimum atomic E-state index is -0.237. The fraction of sp³-hybridized carbons (Fsp3) is 0.438. The largest absolute Gasteiger partial charge is 0.355 e. The maximum Gasteiger partial charge on any atom is 0.319 e. The lowest BCUT2D eigenvalue weighted by Gasteiger charge is -2.20. The number of hydrogen-bond donors (Lipinski definition) is 2. The van der Waals surface area contributed by atoms with Crippen LogP contribution in [0, 0.1) is 6.92 Å². The summed E-state index contributed by atoms with van der Waals surface area (Å²) >= 11 is 1.59. The molecular weight excluding hydrogens is 310 g/mol. The maximum absolute atomic E-state index is 12.3. The molecule has 6 nitrogen and oxygen atoms in total. The van der Waals surface area contributed by atoms with Crippen LogP contribution in [0.4, 0.5) is 16.3 Å². The Labute approximate surface area is 140 Å². The van der Waals surface area contributed by atoms with E-state index in [1.807, 2.05) is 32.2 Å². The number of pyridine rings is 1. The Morgan fingerprint density at radius 3 is 2.83 bits per heavy atom. The summed E-state index contributed by atoms with van der Waals surface area (Å²) < 4.78 is 0. The fourth-order valence-corrected chi connectivity index (χ4v) is 3.44. The first-order valence-corrected chi connectivity index (χ1v) is 8.65. The summed E-state index contributed by atoms with van der Waals surface area (Å²) in [5.74, 6) is 0.845. The zero-order valence-electron chi connectivity index (χ0n) is 13.4. The number of thiazole rings is 1. The van der Waals surface area contributed by atoms with Crippen molar-refractivity contribution in [3.63, 3.8) is 0 Å². The number of nitrogens with zero attached hydrogens (tertiary/aromatic N) is 3. The average molecular weight is 331 g/mol. The second-order valence-electron chi connectivity index (χ2n) is 5.70. The lowest BCUT2D eigenvalue weighted by atomic mass is 10.3. The van der Waals surface area contributed by atoms with Crippen LogP contribution in [-0.4, -0.2) is 29.1 Å². The predicted octanol–water partition coefficient (Wildman–Crippen LogP) is 3.33. The number of carbonyl (C=O) groups excluding carboxylic acids is 1. The maximum atomic E-state index is 12.3. The number of carbonyl (C=O) groups is 1. The van der Waals surface area contributed by atoms with Crippen LogP contribution in [0.1, 0.15) is 35.7 Å². The molecule has 122 valence electrons. The van der Waals surface area contributed by atoms with Crippen LogP contribution in [0.15, 0.2) is 24.5 Å². The van der Waals surface area contributed by atoms with Crippen molar-refractivity contribution in [2.75, 3.05) is 23.3 Å². The van der Waals surface area contributed by atoms with Crippen molar-refractivity contribution >= 4 is 28.9 Å². The molecule has 3 heterocycles. The monoisotopic (exact) mass is 331 g/mol. The summed E-state index contributed by atoms with van der Waals surface area (Å²) in [5.41, 5.74) is 0.745. The summed E-state index contributed by atoms with van der Waals surface area (Å²) in [6.45, 7) is 5.92. The minimum Gasteiger partial charge on any atom is -0.355 e. The summed E-state index contributed by atoms with van der Waals surface area (Å²) in [7, 11) is 0. The molecule has 1 atom stereocenters. The van der Waals surface area contributed by atoms with E-state index < -0.39 is 0 Å². The van der Waals surface area contributed by atoms with Crippen LogP contribution < -0.4 is 15.5 Å². The number of nitrogens with one attached hydrogen (secondary N) is 2. The standard InChI is InChI=1S/C16H21N5OS/c1-11-10-18-15(23-11)12(2)19-16(22)20-13-6-5-7-17-14(13)21-8-3-4-9-21/h5-7,10,12H,3-4,8-9H2,1-2H3,(H2,19,20,22)/t12-/m0/s1. The number of urea groups is 1. The van der Waals surface area contributed by atoms with Gasteiger partial charge in [-0.3, -0.25) is 0 Å². The van der Waals surface area contributed by atoms with Crippen LogP contribution in [0.2, 0.25) is 0 Å². The van der Waals surface area contributed by atoms with E-state index in [-0.39, 0.29) is 12.1 Å². The molecule has 0 radical (unpaired) electrons. The molecule has 0 aromatic carbocycles. The second kappa shape index (κ2) is 6.95. The molecule has 2 amide bonds. The van der Waals surface area contributed by atoms with Gasteiger partial charge in [0, 0.05) is 30.4 Å². The van der Waals surface area contributed by atoms with Crippen LogP contribution >= 0.6 is 11.3 Å². The number of rotatable bonds is 4. The third kappa shape index (κ3) is 3.79. The number of anilines is 2.